The Bertz CT molecular complexity index is 878. The third kappa shape index (κ3) is 3.42. The number of hydrogen-bond donors (Lipinski definition) is 6. The van der Waals surface area contributed by atoms with E-state index >= 15 is 0 Å². The Hall–Kier alpha value is -0.540. The van der Waals surface area contributed by atoms with Crippen molar-refractivity contribution in [2.45, 2.75) is 115 Å². The Balaban J connectivity index is 1.49. The van der Waals surface area contributed by atoms with Gasteiger partial charge in [-0.1, -0.05) is 32.4 Å². The molecule has 7 heteroatoms. The van der Waals surface area contributed by atoms with Crippen LogP contribution >= 0.6 is 0 Å². The second kappa shape index (κ2) is 9.00. The molecule has 0 amide bonds. The van der Waals surface area contributed by atoms with Crippen LogP contribution < -0.4 is 0 Å². The van der Waals surface area contributed by atoms with Gasteiger partial charge < -0.3 is 35.4 Å². The van der Waals surface area contributed by atoms with E-state index in [1.165, 1.54) is 5.57 Å². The molecular weight excluding hydrogens is 460 g/mol. The highest BCUT2D eigenvalue weighted by molar-refractivity contribution is 5.32. The van der Waals surface area contributed by atoms with Crippen LogP contribution in [-0.4, -0.2) is 79.5 Å². The summed E-state index contributed by atoms with van der Waals surface area (Å²) in [4.78, 5) is 0. The molecule has 4 fully saturated rings. The standard InChI is InChI=1S/C29H48O7/c1-5-19-24(34)25(36-28(19,4)15-31)22(14-30)29(35)23(33)13-21-18-7-6-16-12-17(32)8-10-26(16,2)20(18)9-11-27(21,29)3/h7,16-17,19-25,30-35H,5-6,8-15H2,1-4H3/t16-,17-,19-,20-,21-,22+,23-,24+,25-,26-,27-,28+,29+/m0/s1. The lowest BCUT2D eigenvalue weighted by Gasteiger charge is -2.59. The monoisotopic (exact) mass is 508 g/mol. The normalized spacial score (nSPS) is 55.4. The van der Waals surface area contributed by atoms with Gasteiger partial charge in [-0.05, 0) is 81.5 Å². The molecule has 36 heavy (non-hydrogen) atoms. The summed E-state index contributed by atoms with van der Waals surface area (Å²) in [5, 5.41) is 66.2. The van der Waals surface area contributed by atoms with Gasteiger partial charge in [0.25, 0.3) is 0 Å². The number of aliphatic hydroxyl groups excluding tert-OH is 5. The minimum absolute atomic E-state index is 0.0142. The number of rotatable bonds is 5. The molecule has 4 aliphatic carbocycles. The van der Waals surface area contributed by atoms with E-state index in [0.29, 0.717) is 31.1 Å². The summed E-state index contributed by atoms with van der Waals surface area (Å²) in [5.41, 5.74) is -1.82. The largest absolute Gasteiger partial charge is 0.396 e. The molecule has 0 bridgehead atoms. The van der Waals surface area contributed by atoms with E-state index in [1.54, 1.807) is 6.92 Å². The van der Waals surface area contributed by atoms with Crippen LogP contribution in [0.3, 0.4) is 0 Å². The van der Waals surface area contributed by atoms with Crippen LogP contribution in [0.1, 0.15) is 79.1 Å². The van der Waals surface area contributed by atoms with E-state index in [-0.39, 0.29) is 30.0 Å². The van der Waals surface area contributed by atoms with Crippen molar-refractivity contribution in [3.63, 3.8) is 0 Å². The molecule has 0 radical (unpaired) electrons. The van der Waals surface area contributed by atoms with Gasteiger partial charge in [0.05, 0.1) is 43.2 Å². The van der Waals surface area contributed by atoms with Crippen LogP contribution in [0, 0.1) is 40.4 Å². The summed E-state index contributed by atoms with van der Waals surface area (Å²) < 4.78 is 6.25. The molecule has 1 heterocycles. The SMILES string of the molecule is CC[C@H]1[C@@H](O)[C@H]([C@@H](CO)[C@@]2(O)[C@@H](O)C[C@H]3C4=CC[C@H]5C[C@@H](O)CC[C@]5(C)[C@H]4CC[C@@]32C)O[C@]1(C)CO. The maximum Gasteiger partial charge on any atom is 0.104 e. The molecule has 6 N–H and O–H groups in total. The van der Waals surface area contributed by atoms with Gasteiger partial charge in [-0.15, -0.1) is 0 Å². The van der Waals surface area contributed by atoms with Crippen LogP contribution in [0.2, 0.25) is 0 Å². The Morgan fingerprint density at radius 3 is 2.36 bits per heavy atom. The van der Waals surface area contributed by atoms with Gasteiger partial charge in [0, 0.05) is 17.3 Å². The van der Waals surface area contributed by atoms with Crippen molar-refractivity contribution < 1.29 is 35.4 Å². The maximum absolute atomic E-state index is 12.5. The zero-order chi connectivity index (χ0) is 26.3. The first-order chi connectivity index (χ1) is 16.9. The summed E-state index contributed by atoms with van der Waals surface area (Å²) in [5.74, 6) is -0.394. The zero-order valence-corrected chi connectivity index (χ0v) is 22.4. The van der Waals surface area contributed by atoms with E-state index in [1.807, 2.05) is 6.92 Å². The maximum atomic E-state index is 12.5. The van der Waals surface area contributed by atoms with Gasteiger partial charge in [-0.2, -0.15) is 0 Å². The first kappa shape index (κ1) is 27.0. The molecule has 206 valence electrons. The molecule has 0 aromatic rings. The Morgan fingerprint density at radius 1 is 1.03 bits per heavy atom. The van der Waals surface area contributed by atoms with E-state index < -0.39 is 47.5 Å². The van der Waals surface area contributed by atoms with Gasteiger partial charge in [-0.25, -0.2) is 0 Å². The fraction of sp³-hybridized carbons (Fsp3) is 0.931. The lowest BCUT2D eigenvalue weighted by Crippen LogP contribution is -2.63. The predicted octanol–water partition coefficient (Wildman–Crippen LogP) is 2.16. The van der Waals surface area contributed by atoms with Crippen LogP contribution in [-0.2, 0) is 4.74 Å². The summed E-state index contributed by atoms with van der Waals surface area (Å²) in [6.45, 7) is 7.45. The van der Waals surface area contributed by atoms with Crippen molar-refractivity contribution in [2.24, 2.45) is 40.4 Å². The zero-order valence-electron chi connectivity index (χ0n) is 22.4. The molecule has 5 aliphatic rings. The number of aliphatic hydroxyl groups is 6. The summed E-state index contributed by atoms with van der Waals surface area (Å²) in [7, 11) is 0. The molecule has 1 saturated heterocycles. The summed E-state index contributed by atoms with van der Waals surface area (Å²) >= 11 is 0. The van der Waals surface area contributed by atoms with E-state index in [0.717, 1.165) is 32.1 Å². The van der Waals surface area contributed by atoms with E-state index in [2.05, 4.69) is 19.9 Å². The van der Waals surface area contributed by atoms with Crippen molar-refractivity contribution in [1.82, 2.24) is 0 Å². The molecule has 0 aromatic heterocycles. The molecule has 1 aliphatic heterocycles. The number of fused-ring (bicyclic) bond motifs is 5. The molecular formula is C29H48O7. The quantitative estimate of drug-likeness (QED) is 0.314. The summed E-state index contributed by atoms with van der Waals surface area (Å²) in [6.07, 6.45) is 5.44. The minimum Gasteiger partial charge on any atom is -0.396 e. The second-order valence-electron chi connectivity index (χ2n) is 13.6. The molecule has 0 unspecified atom stereocenters. The third-order valence-electron chi connectivity index (χ3n) is 12.2. The fourth-order valence-corrected chi connectivity index (χ4v) is 9.92. The van der Waals surface area contributed by atoms with Crippen LogP contribution in [0.25, 0.3) is 0 Å². The van der Waals surface area contributed by atoms with Crippen LogP contribution in [0.4, 0.5) is 0 Å². The van der Waals surface area contributed by atoms with Gasteiger partial charge in [0.2, 0.25) is 0 Å². The van der Waals surface area contributed by atoms with Crippen molar-refractivity contribution in [2.75, 3.05) is 13.2 Å². The minimum atomic E-state index is -1.64. The fourth-order valence-electron chi connectivity index (χ4n) is 9.92. The van der Waals surface area contributed by atoms with Crippen LogP contribution in [0.5, 0.6) is 0 Å². The first-order valence-electron chi connectivity index (χ1n) is 14.3. The van der Waals surface area contributed by atoms with Gasteiger partial charge in [0.15, 0.2) is 0 Å². The average molecular weight is 509 g/mol. The van der Waals surface area contributed by atoms with Crippen molar-refractivity contribution in [3.8, 4) is 0 Å². The molecule has 7 nitrogen and oxygen atoms in total. The van der Waals surface area contributed by atoms with Crippen molar-refractivity contribution in [3.05, 3.63) is 11.6 Å². The van der Waals surface area contributed by atoms with Crippen LogP contribution in [0.15, 0.2) is 11.6 Å². The Kier molecular flexibility index (Phi) is 6.76. The molecule has 0 aromatic carbocycles. The highest BCUT2D eigenvalue weighted by Gasteiger charge is 2.71. The average Bonchev–Trinajstić information content (AvgIpc) is 3.22. The van der Waals surface area contributed by atoms with Gasteiger partial charge in [-0.3, -0.25) is 0 Å². The first-order valence-corrected chi connectivity index (χ1v) is 14.3. The lowest BCUT2D eigenvalue weighted by molar-refractivity contribution is -0.219. The molecule has 3 saturated carbocycles. The van der Waals surface area contributed by atoms with E-state index in [9.17, 15) is 30.6 Å². The second-order valence-corrected chi connectivity index (χ2v) is 13.6. The molecule has 5 rings (SSSR count). The third-order valence-corrected chi connectivity index (χ3v) is 12.2. The molecule has 13 atom stereocenters. The summed E-state index contributed by atoms with van der Waals surface area (Å²) in [6, 6.07) is 0. The Labute approximate surface area is 215 Å². The van der Waals surface area contributed by atoms with Gasteiger partial charge >= 0.3 is 0 Å². The lowest BCUT2D eigenvalue weighted by atomic mass is 9.47. The van der Waals surface area contributed by atoms with Crippen molar-refractivity contribution in [1.29, 1.82) is 0 Å². The predicted molar refractivity (Wildman–Crippen MR) is 135 cm³/mol. The number of hydrogen-bond acceptors (Lipinski definition) is 7. The van der Waals surface area contributed by atoms with Gasteiger partial charge in [0.1, 0.15) is 5.60 Å². The Morgan fingerprint density at radius 2 is 1.75 bits per heavy atom. The van der Waals surface area contributed by atoms with E-state index in [4.69, 9.17) is 4.74 Å². The molecule has 0 spiro atoms. The number of ether oxygens (including phenoxy) is 1. The highest BCUT2D eigenvalue weighted by atomic mass is 16.5. The highest BCUT2D eigenvalue weighted by Crippen LogP contribution is 2.68. The van der Waals surface area contributed by atoms with Crippen molar-refractivity contribution >= 4 is 0 Å². The topological polar surface area (TPSA) is 131 Å². The smallest absolute Gasteiger partial charge is 0.104 e. The number of allylic oxidation sites excluding steroid dienone is 2.